The van der Waals surface area contributed by atoms with E-state index in [1.807, 2.05) is 0 Å². The van der Waals surface area contributed by atoms with Crippen molar-refractivity contribution in [3.05, 3.63) is 53.3 Å². The first-order valence-corrected chi connectivity index (χ1v) is 8.82. The third kappa shape index (κ3) is 1.80. The molecule has 1 aliphatic rings. The van der Waals surface area contributed by atoms with E-state index in [1.165, 1.54) is 11.6 Å². The molecule has 0 N–H and O–H groups in total. The van der Waals surface area contributed by atoms with Crippen LogP contribution in [-0.2, 0) is 0 Å². The highest BCUT2D eigenvalue weighted by Crippen LogP contribution is 2.30. The molecule has 0 amide bonds. The number of rotatable bonds is 3. The molecular weight excluding hydrogens is 208 g/mol. The number of benzene rings is 1. The van der Waals surface area contributed by atoms with E-state index in [-0.39, 0.29) is 0 Å². The maximum absolute atomic E-state index is 2.50. The van der Waals surface area contributed by atoms with Crippen molar-refractivity contribution in [1.82, 2.24) is 0 Å². The summed E-state index contributed by atoms with van der Waals surface area (Å²) in [5.41, 5.74) is 1.51. The van der Waals surface area contributed by atoms with Crippen LogP contribution in [0.3, 0.4) is 0 Å². The lowest BCUT2D eigenvalue weighted by atomic mass is 10.3. The van der Waals surface area contributed by atoms with Gasteiger partial charge in [0.15, 0.2) is 0 Å². The Morgan fingerprint density at radius 3 is 2.31 bits per heavy atom. The molecule has 0 fully saturated rings. The second-order valence-corrected chi connectivity index (χ2v) is 9.28. The zero-order valence-electron chi connectivity index (χ0n) is 10.5. The lowest BCUT2D eigenvalue weighted by Gasteiger charge is -2.29. The third-order valence-electron chi connectivity index (χ3n) is 3.88. The highest BCUT2D eigenvalue weighted by atomic mass is 28.3. The minimum Gasteiger partial charge on any atom is -0.0808 e. The van der Waals surface area contributed by atoms with Crippen LogP contribution in [0, 0.1) is 0 Å². The molecule has 0 bridgehead atoms. The normalized spacial score (nSPS) is 18.9. The van der Waals surface area contributed by atoms with E-state index >= 15 is 0 Å². The zero-order valence-corrected chi connectivity index (χ0v) is 11.5. The SMILES string of the molecule is CC[Si](C)(C1=CCC=C1C)c1ccccc1. The molecule has 1 aliphatic carbocycles. The van der Waals surface area contributed by atoms with Gasteiger partial charge < -0.3 is 0 Å². The van der Waals surface area contributed by atoms with E-state index in [9.17, 15) is 0 Å². The molecule has 0 heterocycles. The molecule has 0 nitrogen and oxygen atoms in total. The van der Waals surface area contributed by atoms with Gasteiger partial charge in [0.25, 0.3) is 0 Å². The van der Waals surface area contributed by atoms with Crippen LogP contribution in [0.15, 0.2) is 53.3 Å². The molecule has 0 spiro atoms. The Balaban J connectivity index is 2.45. The molecule has 16 heavy (non-hydrogen) atoms. The van der Waals surface area contributed by atoms with Gasteiger partial charge in [-0.2, -0.15) is 0 Å². The lowest BCUT2D eigenvalue weighted by molar-refractivity contribution is 1.35. The predicted octanol–water partition coefficient (Wildman–Crippen LogP) is 3.81. The van der Waals surface area contributed by atoms with Gasteiger partial charge in [0.05, 0.1) is 0 Å². The maximum atomic E-state index is 2.50. The monoisotopic (exact) mass is 228 g/mol. The Morgan fingerprint density at radius 1 is 1.12 bits per heavy atom. The summed E-state index contributed by atoms with van der Waals surface area (Å²) >= 11 is 0. The van der Waals surface area contributed by atoms with Crippen LogP contribution in [0.25, 0.3) is 0 Å². The summed E-state index contributed by atoms with van der Waals surface area (Å²) < 4.78 is 0. The third-order valence-corrected chi connectivity index (χ3v) is 8.69. The van der Waals surface area contributed by atoms with Crippen molar-refractivity contribution in [3.8, 4) is 0 Å². The summed E-state index contributed by atoms with van der Waals surface area (Å²) in [7, 11) is -1.44. The maximum Gasteiger partial charge on any atom is 0.114 e. The smallest absolute Gasteiger partial charge is 0.0808 e. The largest absolute Gasteiger partial charge is 0.114 e. The van der Waals surface area contributed by atoms with Crippen LogP contribution in [0.1, 0.15) is 20.3 Å². The molecule has 1 atom stereocenters. The number of hydrogen-bond acceptors (Lipinski definition) is 0. The summed E-state index contributed by atoms with van der Waals surface area (Å²) in [4.78, 5) is 0. The van der Waals surface area contributed by atoms with Gasteiger partial charge in [-0.3, -0.25) is 0 Å². The van der Waals surface area contributed by atoms with Gasteiger partial charge in [-0.25, -0.2) is 0 Å². The fourth-order valence-corrected chi connectivity index (χ4v) is 6.21. The van der Waals surface area contributed by atoms with Crippen LogP contribution in [0.5, 0.6) is 0 Å². The molecule has 0 aromatic heterocycles. The molecule has 1 aromatic carbocycles. The van der Waals surface area contributed by atoms with Crippen LogP contribution in [-0.4, -0.2) is 8.07 Å². The topological polar surface area (TPSA) is 0 Å². The van der Waals surface area contributed by atoms with Crippen molar-refractivity contribution < 1.29 is 0 Å². The first-order valence-electron chi connectivity index (χ1n) is 6.12. The van der Waals surface area contributed by atoms with Gasteiger partial charge in [-0.15, -0.1) is 0 Å². The minimum atomic E-state index is -1.44. The number of hydrogen-bond donors (Lipinski definition) is 0. The minimum absolute atomic E-state index is 1.14. The van der Waals surface area contributed by atoms with Crippen molar-refractivity contribution in [2.45, 2.75) is 32.9 Å². The van der Waals surface area contributed by atoms with Crippen molar-refractivity contribution in [1.29, 1.82) is 0 Å². The van der Waals surface area contributed by atoms with Crippen LogP contribution in [0.2, 0.25) is 12.6 Å². The molecule has 2 rings (SSSR count). The highest BCUT2D eigenvalue weighted by Gasteiger charge is 2.33. The predicted molar refractivity (Wildman–Crippen MR) is 74.6 cm³/mol. The fourth-order valence-electron chi connectivity index (χ4n) is 2.64. The summed E-state index contributed by atoms with van der Waals surface area (Å²) in [6, 6.07) is 12.4. The first-order chi connectivity index (χ1) is 7.68. The first kappa shape index (κ1) is 11.4. The van der Waals surface area contributed by atoms with Crippen LogP contribution < -0.4 is 5.19 Å². The number of allylic oxidation sites excluding steroid dienone is 4. The van der Waals surface area contributed by atoms with E-state index in [0.717, 1.165) is 6.42 Å². The van der Waals surface area contributed by atoms with E-state index in [0.29, 0.717) is 0 Å². The average Bonchev–Trinajstić information content (AvgIpc) is 2.76. The Kier molecular flexibility index (Phi) is 3.15. The Bertz CT molecular complexity index is 428. The van der Waals surface area contributed by atoms with Crippen molar-refractivity contribution >= 4 is 13.3 Å². The molecule has 1 aromatic rings. The molecule has 0 saturated heterocycles. The lowest BCUT2D eigenvalue weighted by Crippen LogP contribution is -2.46. The van der Waals surface area contributed by atoms with Crippen LogP contribution >= 0.6 is 0 Å². The Hall–Kier alpha value is -1.08. The second-order valence-electron chi connectivity index (χ2n) is 4.79. The van der Waals surface area contributed by atoms with Crippen molar-refractivity contribution in [3.63, 3.8) is 0 Å². The van der Waals surface area contributed by atoms with Gasteiger partial charge in [-0.1, -0.05) is 78.0 Å². The fraction of sp³-hybridized carbons (Fsp3) is 0.333. The van der Waals surface area contributed by atoms with Crippen LogP contribution in [0.4, 0.5) is 0 Å². The summed E-state index contributed by atoms with van der Waals surface area (Å²) in [5, 5.41) is 3.22. The zero-order chi connectivity index (χ0) is 11.6. The Labute approximate surface area is 99.7 Å². The van der Waals surface area contributed by atoms with E-state index < -0.39 is 8.07 Å². The standard InChI is InChI=1S/C15H20Si/c1-4-16(3,14-10-6-5-7-11-14)15-12-8-9-13(15)2/h5-7,9-12H,4,8H2,1-3H3. The molecule has 1 unspecified atom stereocenters. The molecule has 0 aliphatic heterocycles. The average molecular weight is 228 g/mol. The summed E-state index contributed by atoms with van der Waals surface area (Å²) in [5.74, 6) is 0. The van der Waals surface area contributed by atoms with E-state index in [1.54, 1.807) is 10.4 Å². The molecular formula is C15H20Si. The van der Waals surface area contributed by atoms with Gasteiger partial charge in [0.2, 0.25) is 0 Å². The van der Waals surface area contributed by atoms with Gasteiger partial charge in [0.1, 0.15) is 8.07 Å². The molecule has 0 radical (unpaired) electrons. The quantitative estimate of drug-likeness (QED) is 0.690. The van der Waals surface area contributed by atoms with Gasteiger partial charge >= 0.3 is 0 Å². The Morgan fingerprint density at radius 2 is 1.81 bits per heavy atom. The molecule has 84 valence electrons. The van der Waals surface area contributed by atoms with Crippen molar-refractivity contribution in [2.24, 2.45) is 0 Å². The van der Waals surface area contributed by atoms with Crippen molar-refractivity contribution in [2.75, 3.05) is 0 Å². The highest BCUT2D eigenvalue weighted by molar-refractivity contribution is 6.97. The summed E-state index contributed by atoms with van der Waals surface area (Å²) in [6.45, 7) is 7.10. The van der Waals surface area contributed by atoms with Gasteiger partial charge in [0, 0.05) is 0 Å². The molecule has 0 saturated carbocycles. The van der Waals surface area contributed by atoms with Gasteiger partial charge in [-0.05, 0) is 13.3 Å². The van der Waals surface area contributed by atoms with E-state index in [4.69, 9.17) is 0 Å². The summed E-state index contributed by atoms with van der Waals surface area (Å²) in [6.07, 6.45) is 5.94. The van der Waals surface area contributed by atoms with E-state index in [2.05, 4.69) is 62.9 Å². The molecule has 1 heteroatoms. The second kappa shape index (κ2) is 4.42.